The summed E-state index contributed by atoms with van der Waals surface area (Å²) in [6.45, 7) is 1.38. The Morgan fingerprint density at radius 1 is 1.60 bits per heavy atom. The van der Waals surface area contributed by atoms with Gasteiger partial charge in [0.25, 0.3) is 0 Å². The quantitative estimate of drug-likeness (QED) is 0.868. The number of carboxylic acids is 1. The average molecular weight is 232 g/mol. The Labute approximate surface area is 92.1 Å². The van der Waals surface area contributed by atoms with Crippen LogP contribution in [0.25, 0.3) is 0 Å². The number of halogens is 2. The second-order valence-electron chi connectivity index (χ2n) is 3.30. The molecule has 1 rings (SSSR count). The molecule has 0 saturated heterocycles. The van der Waals surface area contributed by atoms with E-state index >= 15 is 0 Å². The number of likely N-dealkylation sites (N-methyl/N-ethyl adjacent to an activating group) is 1. The van der Waals surface area contributed by atoms with Crippen LogP contribution in [-0.2, 0) is 4.79 Å². The number of hydrogen-bond acceptors (Lipinski definition) is 2. The fourth-order valence-corrected chi connectivity index (χ4v) is 1.58. The summed E-state index contributed by atoms with van der Waals surface area (Å²) in [5, 5.41) is 8.93. The van der Waals surface area contributed by atoms with E-state index in [-0.39, 0.29) is 6.54 Å². The van der Waals surface area contributed by atoms with Gasteiger partial charge in [-0.2, -0.15) is 0 Å². The Morgan fingerprint density at radius 3 is 2.73 bits per heavy atom. The smallest absolute Gasteiger partial charge is 0.323 e. The lowest BCUT2D eigenvalue weighted by Crippen LogP contribution is -2.25. The van der Waals surface area contributed by atoms with E-state index in [0.29, 0.717) is 16.3 Å². The van der Waals surface area contributed by atoms with Gasteiger partial charge in [0, 0.05) is 7.05 Å². The van der Waals surface area contributed by atoms with Crippen molar-refractivity contribution >= 4 is 23.3 Å². The second-order valence-corrected chi connectivity index (χ2v) is 3.71. The zero-order valence-electron chi connectivity index (χ0n) is 8.42. The summed E-state index contributed by atoms with van der Waals surface area (Å²) >= 11 is 5.88. The molecule has 0 radical (unpaired) electrons. The van der Waals surface area contributed by atoms with Gasteiger partial charge in [-0.3, -0.25) is 4.79 Å². The SMILES string of the molecule is Cc1cc(Cl)c(N(C)CC(=O)O)cc1F. The first-order valence-corrected chi connectivity index (χ1v) is 4.68. The zero-order valence-corrected chi connectivity index (χ0v) is 9.18. The van der Waals surface area contributed by atoms with E-state index in [1.54, 1.807) is 14.0 Å². The van der Waals surface area contributed by atoms with Gasteiger partial charge in [-0.1, -0.05) is 11.6 Å². The predicted molar refractivity (Wildman–Crippen MR) is 57.1 cm³/mol. The Hall–Kier alpha value is -1.29. The predicted octanol–water partition coefficient (Wildman–Crippen LogP) is 2.31. The molecule has 15 heavy (non-hydrogen) atoms. The third-order valence-corrected chi connectivity index (χ3v) is 2.31. The van der Waals surface area contributed by atoms with Crippen LogP contribution in [0.1, 0.15) is 5.56 Å². The fraction of sp³-hybridized carbons (Fsp3) is 0.300. The number of benzene rings is 1. The van der Waals surface area contributed by atoms with Crippen molar-refractivity contribution in [1.82, 2.24) is 0 Å². The molecule has 0 aliphatic carbocycles. The molecule has 0 bridgehead atoms. The van der Waals surface area contributed by atoms with Gasteiger partial charge in [0.2, 0.25) is 0 Å². The molecular formula is C10H11ClFNO2. The monoisotopic (exact) mass is 231 g/mol. The first kappa shape index (κ1) is 11.8. The number of hydrogen-bond donors (Lipinski definition) is 1. The van der Waals surface area contributed by atoms with Gasteiger partial charge in [0.05, 0.1) is 10.7 Å². The van der Waals surface area contributed by atoms with Crippen LogP contribution in [0.3, 0.4) is 0 Å². The van der Waals surface area contributed by atoms with Crippen LogP contribution < -0.4 is 4.90 Å². The van der Waals surface area contributed by atoms with Gasteiger partial charge in [-0.15, -0.1) is 0 Å². The average Bonchev–Trinajstić information content (AvgIpc) is 2.09. The van der Waals surface area contributed by atoms with Crippen LogP contribution >= 0.6 is 11.6 Å². The summed E-state index contributed by atoms with van der Waals surface area (Å²) in [7, 11) is 1.55. The first-order chi connectivity index (χ1) is 6.91. The summed E-state index contributed by atoms with van der Waals surface area (Å²) in [4.78, 5) is 11.8. The summed E-state index contributed by atoms with van der Waals surface area (Å²) in [6.07, 6.45) is 0. The van der Waals surface area contributed by atoms with E-state index < -0.39 is 11.8 Å². The van der Waals surface area contributed by atoms with Gasteiger partial charge < -0.3 is 10.0 Å². The third kappa shape index (κ3) is 2.83. The van der Waals surface area contributed by atoms with Gasteiger partial charge in [-0.05, 0) is 24.6 Å². The second kappa shape index (κ2) is 4.49. The molecule has 82 valence electrons. The van der Waals surface area contributed by atoms with Gasteiger partial charge in [0.15, 0.2) is 0 Å². The molecule has 1 aromatic rings. The maximum Gasteiger partial charge on any atom is 0.323 e. The van der Waals surface area contributed by atoms with Gasteiger partial charge >= 0.3 is 5.97 Å². The molecule has 0 aliphatic rings. The maximum atomic E-state index is 13.2. The molecule has 0 spiro atoms. The normalized spacial score (nSPS) is 10.1. The lowest BCUT2D eigenvalue weighted by Gasteiger charge is -2.18. The molecule has 5 heteroatoms. The van der Waals surface area contributed by atoms with Crippen molar-refractivity contribution in [1.29, 1.82) is 0 Å². The largest absolute Gasteiger partial charge is 0.480 e. The van der Waals surface area contributed by atoms with E-state index in [9.17, 15) is 9.18 Å². The molecule has 0 aliphatic heterocycles. The number of carboxylic acid groups (broad SMARTS) is 1. The molecule has 0 atom stereocenters. The summed E-state index contributed by atoms with van der Waals surface area (Å²) in [5.74, 6) is -1.39. The minimum Gasteiger partial charge on any atom is -0.480 e. The molecule has 0 heterocycles. The van der Waals surface area contributed by atoms with Crippen molar-refractivity contribution < 1.29 is 14.3 Å². The maximum absolute atomic E-state index is 13.2. The molecule has 0 amide bonds. The summed E-state index contributed by atoms with van der Waals surface area (Å²) in [5.41, 5.74) is 0.814. The van der Waals surface area contributed by atoms with Crippen molar-refractivity contribution in [2.45, 2.75) is 6.92 Å². The molecule has 1 N–H and O–H groups in total. The van der Waals surface area contributed by atoms with Crippen molar-refractivity contribution in [2.24, 2.45) is 0 Å². The van der Waals surface area contributed by atoms with Crippen LogP contribution in [0.2, 0.25) is 5.02 Å². The summed E-state index contributed by atoms with van der Waals surface area (Å²) in [6, 6.07) is 2.71. The molecule has 3 nitrogen and oxygen atoms in total. The molecule has 0 unspecified atom stereocenters. The van der Waals surface area contributed by atoms with Gasteiger partial charge in [-0.25, -0.2) is 4.39 Å². The number of nitrogens with zero attached hydrogens (tertiary/aromatic N) is 1. The highest BCUT2D eigenvalue weighted by molar-refractivity contribution is 6.33. The van der Waals surface area contributed by atoms with E-state index in [2.05, 4.69) is 0 Å². The number of aryl methyl sites for hydroxylation is 1. The molecule has 0 aromatic heterocycles. The molecule has 0 saturated carbocycles. The Morgan fingerprint density at radius 2 is 2.20 bits per heavy atom. The standard InChI is InChI=1S/C10H11ClFNO2/c1-6-3-7(11)9(4-8(6)12)13(2)5-10(14)15/h3-4H,5H2,1-2H3,(H,14,15). The van der Waals surface area contributed by atoms with Crippen LogP contribution in [0.15, 0.2) is 12.1 Å². The zero-order chi connectivity index (χ0) is 11.6. The van der Waals surface area contributed by atoms with Crippen LogP contribution in [0, 0.1) is 12.7 Å². The van der Waals surface area contributed by atoms with Crippen molar-refractivity contribution in [3.05, 3.63) is 28.5 Å². The highest BCUT2D eigenvalue weighted by atomic mass is 35.5. The highest BCUT2D eigenvalue weighted by Crippen LogP contribution is 2.27. The van der Waals surface area contributed by atoms with Gasteiger partial charge in [0.1, 0.15) is 12.4 Å². The number of aliphatic carboxylic acids is 1. The molecular weight excluding hydrogens is 221 g/mol. The van der Waals surface area contributed by atoms with E-state index in [0.717, 1.165) is 0 Å². The number of rotatable bonds is 3. The van der Waals surface area contributed by atoms with Crippen molar-refractivity contribution in [3.8, 4) is 0 Å². The Kier molecular flexibility index (Phi) is 3.52. The molecule has 1 aromatic carbocycles. The first-order valence-electron chi connectivity index (χ1n) is 4.30. The number of anilines is 1. The topological polar surface area (TPSA) is 40.5 Å². The number of carbonyl (C=O) groups is 1. The van der Waals surface area contributed by atoms with Crippen LogP contribution in [0.5, 0.6) is 0 Å². The summed E-state index contributed by atoms with van der Waals surface area (Å²) < 4.78 is 13.2. The van der Waals surface area contributed by atoms with E-state index in [1.807, 2.05) is 0 Å². The van der Waals surface area contributed by atoms with E-state index in [4.69, 9.17) is 16.7 Å². The van der Waals surface area contributed by atoms with Crippen LogP contribution in [0.4, 0.5) is 10.1 Å². The minimum atomic E-state index is -0.991. The fourth-order valence-electron chi connectivity index (χ4n) is 1.22. The van der Waals surface area contributed by atoms with Crippen molar-refractivity contribution in [3.63, 3.8) is 0 Å². The molecule has 0 fully saturated rings. The van der Waals surface area contributed by atoms with Crippen LogP contribution in [-0.4, -0.2) is 24.7 Å². The van der Waals surface area contributed by atoms with Crippen molar-refractivity contribution in [2.75, 3.05) is 18.5 Å². The van der Waals surface area contributed by atoms with E-state index in [1.165, 1.54) is 17.0 Å². The lowest BCUT2D eigenvalue weighted by atomic mass is 10.2. The lowest BCUT2D eigenvalue weighted by molar-refractivity contribution is -0.135. The Balaban J connectivity index is 3.03. The third-order valence-electron chi connectivity index (χ3n) is 2.01. The minimum absolute atomic E-state index is 0.220. The highest BCUT2D eigenvalue weighted by Gasteiger charge is 2.12. The Bertz CT molecular complexity index is 395.